The summed E-state index contributed by atoms with van der Waals surface area (Å²) in [4.78, 5) is 29.2. The van der Waals surface area contributed by atoms with Gasteiger partial charge in [-0.25, -0.2) is 4.98 Å². The number of aryl methyl sites for hydroxylation is 1. The number of nitrogens with zero attached hydrogens (tertiary/aromatic N) is 4. The molecule has 36 heavy (non-hydrogen) atoms. The molecule has 0 aliphatic heterocycles. The lowest BCUT2D eigenvalue weighted by Gasteiger charge is -2.14. The largest absolute Gasteiger partial charge is 0.482 e. The zero-order valence-electron chi connectivity index (χ0n) is 20.1. The molecule has 3 aromatic carbocycles. The van der Waals surface area contributed by atoms with Gasteiger partial charge < -0.3 is 4.74 Å². The Hall–Kier alpha value is -3.85. The van der Waals surface area contributed by atoms with Crippen molar-refractivity contribution in [1.29, 1.82) is 0 Å². The van der Waals surface area contributed by atoms with E-state index in [4.69, 9.17) is 4.74 Å². The fourth-order valence-corrected chi connectivity index (χ4v) is 3.99. The SMILES string of the molecule is CC[C@@H](C)c1nc2ccc(Br)cc2c(=O)n1N=Cc1ccc(OCc2ccc(C)cc2)c([N+](=O)[O-])c1. The molecule has 9 heteroatoms. The molecule has 0 unspecified atom stereocenters. The smallest absolute Gasteiger partial charge is 0.311 e. The lowest BCUT2D eigenvalue weighted by atomic mass is 10.1. The monoisotopic (exact) mass is 548 g/mol. The van der Waals surface area contributed by atoms with Crippen LogP contribution in [0.2, 0.25) is 0 Å². The molecule has 0 aliphatic rings. The molecule has 0 radical (unpaired) electrons. The van der Waals surface area contributed by atoms with E-state index in [0.29, 0.717) is 22.3 Å². The summed E-state index contributed by atoms with van der Waals surface area (Å²) < 4.78 is 7.77. The third-order valence-electron chi connectivity index (χ3n) is 5.90. The number of nitro groups is 1. The minimum atomic E-state index is -0.492. The Morgan fingerprint density at radius 2 is 1.92 bits per heavy atom. The molecule has 1 heterocycles. The van der Waals surface area contributed by atoms with Crippen LogP contribution in [0.5, 0.6) is 5.75 Å². The quantitative estimate of drug-likeness (QED) is 0.145. The first-order chi connectivity index (χ1) is 17.3. The lowest BCUT2D eigenvalue weighted by Crippen LogP contribution is -2.23. The van der Waals surface area contributed by atoms with Crippen LogP contribution in [0.3, 0.4) is 0 Å². The van der Waals surface area contributed by atoms with E-state index in [2.05, 4.69) is 26.0 Å². The van der Waals surface area contributed by atoms with Crippen molar-refractivity contribution in [1.82, 2.24) is 9.66 Å². The number of aromatic nitrogens is 2. The summed E-state index contributed by atoms with van der Waals surface area (Å²) in [5, 5.41) is 16.6. The number of hydrogen-bond acceptors (Lipinski definition) is 6. The number of benzene rings is 3. The molecule has 1 aromatic heterocycles. The second kappa shape index (κ2) is 10.8. The van der Waals surface area contributed by atoms with Gasteiger partial charge >= 0.3 is 5.69 Å². The maximum Gasteiger partial charge on any atom is 0.311 e. The van der Waals surface area contributed by atoms with E-state index < -0.39 is 4.92 Å². The zero-order valence-corrected chi connectivity index (χ0v) is 21.7. The Bertz CT molecular complexity index is 1510. The van der Waals surface area contributed by atoms with E-state index in [1.807, 2.05) is 51.1 Å². The Morgan fingerprint density at radius 1 is 1.17 bits per heavy atom. The van der Waals surface area contributed by atoms with Gasteiger partial charge in [-0.1, -0.05) is 59.6 Å². The number of halogens is 1. The molecule has 0 spiro atoms. The Labute approximate surface area is 216 Å². The summed E-state index contributed by atoms with van der Waals surface area (Å²) in [6, 6.07) is 17.7. The molecule has 0 fully saturated rings. The molecular formula is C27H25BrN4O4. The van der Waals surface area contributed by atoms with Gasteiger partial charge in [0.25, 0.3) is 5.56 Å². The number of fused-ring (bicyclic) bond motifs is 1. The standard InChI is InChI=1S/C27H25BrN4O4/c1-4-18(3)26-30-23-11-10-21(28)14-22(23)27(33)31(26)29-15-20-9-12-25(24(13-20)32(34)35)36-16-19-7-5-17(2)6-8-19/h5-15,18H,4,16H2,1-3H3/t18-/m1/s1. The molecule has 4 aromatic rings. The Kier molecular flexibility index (Phi) is 7.59. The summed E-state index contributed by atoms with van der Waals surface area (Å²) in [7, 11) is 0. The van der Waals surface area contributed by atoms with Crippen molar-refractivity contribution in [3.63, 3.8) is 0 Å². The summed E-state index contributed by atoms with van der Waals surface area (Å²) in [6.07, 6.45) is 2.19. The predicted molar refractivity (Wildman–Crippen MR) is 144 cm³/mol. The van der Waals surface area contributed by atoms with Crippen molar-refractivity contribution in [3.8, 4) is 5.75 Å². The molecule has 184 valence electrons. The van der Waals surface area contributed by atoms with E-state index >= 15 is 0 Å². The molecule has 0 saturated carbocycles. The molecule has 0 saturated heterocycles. The van der Waals surface area contributed by atoms with Gasteiger partial charge in [0.2, 0.25) is 0 Å². The van der Waals surface area contributed by atoms with Crippen molar-refractivity contribution >= 4 is 38.7 Å². The first-order valence-electron chi connectivity index (χ1n) is 11.5. The highest BCUT2D eigenvalue weighted by Crippen LogP contribution is 2.28. The van der Waals surface area contributed by atoms with Crippen molar-refractivity contribution in [3.05, 3.63) is 108 Å². The van der Waals surface area contributed by atoms with Gasteiger partial charge in [-0.15, -0.1) is 0 Å². The van der Waals surface area contributed by atoms with Crippen LogP contribution in [-0.4, -0.2) is 20.8 Å². The molecular weight excluding hydrogens is 524 g/mol. The fraction of sp³-hybridized carbons (Fsp3) is 0.222. The molecule has 0 bridgehead atoms. The highest BCUT2D eigenvalue weighted by atomic mass is 79.9. The molecule has 4 rings (SSSR count). The van der Waals surface area contributed by atoms with Crippen LogP contribution in [0.25, 0.3) is 10.9 Å². The molecule has 0 N–H and O–H groups in total. The second-order valence-electron chi connectivity index (χ2n) is 8.56. The van der Waals surface area contributed by atoms with Gasteiger partial charge in [0, 0.05) is 22.0 Å². The van der Waals surface area contributed by atoms with Crippen LogP contribution < -0.4 is 10.3 Å². The molecule has 1 atom stereocenters. The second-order valence-corrected chi connectivity index (χ2v) is 9.48. The third kappa shape index (κ3) is 5.52. The van der Waals surface area contributed by atoms with Gasteiger partial charge in [0.15, 0.2) is 5.75 Å². The lowest BCUT2D eigenvalue weighted by molar-refractivity contribution is -0.385. The van der Waals surface area contributed by atoms with Crippen molar-refractivity contribution in [2.45, 2.75) is 39.7 Å². The molecule has 8 nitrogen and oxygen atoms in total. The van der Waals surface area contributed by atoms with Crippen molar-refractivity contribution < 1.29 is 9.66 Å². The average Bonchev–Trinajstić information content (AvgIpc) is 2.87. The van der Waals surface area contributed by atoms with Crippen LogP contribution in [-0.2, 0) is 6.61 Å². The molecule has 0 amide bonds. The number of nitro benzene ring substituents is 1. The van der Waals surface area contributed by atoms with Crippen LogP contribution in [0.4, 0.5) is 5.69 Å². The van der Waals surface area contributed by atoms with Gasteiger partial charge in [0.05, 0.1) is 22.0 Å². The van der Waals surface area contributed by atoms with E-state index in [0.717, 1.165) is 22.0 Å². The highest BCUT2D eigenvalue weighted by molar-refractivity contribution is 9.10. The van der Waals surface area contributed by atoms with Gasteiger partial charge in [0.1, 0.15) is 12.4 Å². The van der Waals surface area contributed by atoms with Gasteiger partial charge in [-0.3, -0.25) is 14.9 Å². The summed E-state index contributed by atoms with van der Waals surface area (Å²) in [6.45, 7) is 6.18. The zero-order chi connectivity index (χ0) is 25.8. The van der Waals surface area contributed by atoms with Crippen LogP contribution in [0.1, 0.15) is 48.7 Å². The van der Waals surface area contributed by atoms with E-state index in [9.17, 15) is 14.9 Å². The number of hydrogen-bond donors (Lipinski definition) is 0. The predicted octanol–water partition coefficient (Wildman–Crippen LogP) is 6.35. The normalized spacial score (nSPS) is 12.2. The van der Waals surface area contributed by atoms with E-state index in [1.54, 1.807) is 24.3 Å². The minimum absolute atomic E-state index is 0.0187. The first kappa shape index (κ1) is 25.2. The maximum absolute atomic E-state index is 13.3. The average molecular weight is 549 g/mol. The van der Waals surface area contributed by atoms with Crippen LogP contribution in [0, 0.1) is 17.0 Å². The Morgan fingerprint density at radius 3 is 2.61 bits per heavy atom. The van der Waals surface area contributed by atoms with Crippen molar-refractivity contribution in [2.24, 2.45) is 5.10 Å². The number of rotatable bonds is 8. The minimum Gasteiger partial charge on any atom is -0.482 e. The maximum atomic E-state index is 13.3. The third-order valence-corrected chi connectivity index (χ3v) is 6.40. The number of ether oxygens (including phenoxy) is 1. The molecule has 0 aliphatic carbocycles. The first-order valence-corrected chi connectivity index (χ1v) is 12.3. The van der Waals surface area contributed by atoms with E-state index in [-0.39, 0.29) is 29.5 Å². The summed E-state index contributed by atoms with van der Waals surface area (Å²) in [5.41, 5.74) is 2.60. The van der Waals surface area contributed by atoms with Crippen molar-refractivity contribution in [2.75, 3.05) is 0 Å². The van der Waals surface area contributed by atoms with Gasteiger partial charge in [-0.2, -0.15) is 9.78 Å². The van der Waals surface area contributed by atoms with Gasteiger partial charge in [-0.05, 0) is 49.2 Å². The van der Waals surface area contributed by atoms with Crippen LogP contribution >= 0.6 is 15.9 Å². The van der Waals surface area contributed by atoms with E-state index in [1.165, 1.54) is 17.0 Å². The summed E-state index contributed by atoms with van der Waals surface area (Å²) >= 11 is 3.40. The fourth-order valence-electron chi connectivity index (χ4n) is 3.63. The summed E-state index contributed by atoms with van der Waals surface area (Å²) in [5.74, 6) is 0.670. The van der Waals surface area contributed by atoms with Crippen LogP contribution in [0.15, 0.2) is 75.0 Å². The topological polar surface area (TPSA) is 99.6 Å². The highest BCUT2D eigenvalue weighted by Gasteiger charge is 2.18. The Balaban J connectivity index is 1.68.